The molecule has 44 valence electrons. The van der Waals surface area contributed by atoms with Gasteiger partial charge in [0.2, 0.25) is 0 Å². The Morgan fingerprint density at radius 2 is 1.17 bits per heavy atom. The van der Waals surface area contributed by atoms with Crippen LogP contribution in [0.5, 0.6) is 0 Å². The van der Waals surface area contributed by atoms with E-state index in [1.54, 1.807) is 0 Å². The van der Waals surface area contributed by atoms with Gasteiger partial charge in [0, 0.05) is 40.2 Å². The Bertz CT molecular complexity index is 31.8. The van der Waals surface area contributed by atoms with Crippen LogP contribution in [0.2, 0.25) is 0 Å². The maximum Gasteiger partial charge on any atom is 0.299 e. The number of rotatable bonds is 0. The van der Waals surface area contributed by atoms with Gasteiger partial charge in [-0.2, -0.15) is 4.21 Å². The van der Waals surface area contributed by atoms with Crippen LogP contribution in [0.1, 0.15) is 0 Å². The first kappa shape index (κ1) is 15.7. The van der Waals surface area contributed by atoms with Gasteiger partial charge in [-0.3, -0.25) is 9.11 Å². The molecule has 0 fully saturated rings. The predicted octanol–water partition coefficient (Wildman–Crippen LogP) is -0.324. The molecular weight excluding hydrogens is 464 g/mol. The fourth-order valence-electron chi connectivity index (χ4n) is 0. The molecule has 6 heteroatoms. The molecule has 0 aromatic heterocycles. The molecule has 3 nitrogen and oxygen atoms in total. The van der Waals surface area contributed by atoms with E-state index in [9.17, 15) is 0 Å². The number of hydrogen-bond donors (Lipinski definition) is 2. The van der Waals surface area contributed by atoms with Crippen molar-refractivity contribution < 1.29 is 53.5 Å². The molecule has 0 saturated heterocycles. The summed E-state index contributed by atoms with van der Waals surface area (Å²) in [6.07, 6.45) is 0. The summed E-state index contributed by atoms with van der Waals surface area (Å²) in [4.78, 5) is 0. The topological polar surface area (TPSA) is 57.5 Å². The van der Waals surface area contributed by atoms with Gasteiger partial charge in [-0.15, -0.1) is 0 Å². The second-order valence-electron chi connectivity index (χ2n) is 0.231. The van der Waals surface area contributed by atoms with E-state index in [-0.39, 0.29) is 40.2 Å². The molecule has 0 atom stereocenters. The van der Waals surface area contributed by atoms with E-state index < -0.39 is 11.4 Å². The van der Waals surface area contributed by atoms with E-state index in [2.05, 4.69) is 0 Å². The van der Waals surface area contributed by atoms with Gasteiger partial charge in [0.05, 0.1) is 0 Å². The second kappa shape index (κ2) is 9.62. The third-order valence-electron chi connectivity index (χ3n) is 0. The summed E-state index contributed by atoms with van der Waals surface area (Å²) < 4.78 is 22.8. The Hall–Kier alpha value is 1.37. The molecule has 2 N–H and O–H groups in total. The Morgan fingerprint density at radius 1 is 1.17 bits per heavy atom. The van der Waals surface area contributed by atoms with E-state index in [4.69, 9.17) is 13.3 Å². The van der Waals surface area contributed by atoms with Crippen LogP contribution < -0.4 is 0 Å². The molecule has 0 aromatic carbocycles. The zero-order chi connectivity index (χ0) is 3.58. The smallest absolute Gasteiger partial charge is 0.284 e. The molecule has 0 bridgehead atoms. The number of hydrogen-bond acceptors (Lipinski definition) is 1. The summed E-state index contributed by atoms with van der Waals surface area (Å²) in [6, 6.07) is 0. The summed E-state index contributed by atoms with van der Waals surface area (Å²) in [5.74, 6) is 0. The fraction of sp³-hybridized carbons (Fsp3) is 0. The molecule has 2 radical (unpaired) electrons. The maximum absolute atomic E-state index is 8.67. The Balaban J connectivity index is -0.0000000450. The fourth-order valence-corrected chi connectivity index (χ4v) is 0. The Kier molecular flexibility index (Phi) is 25.1. The van der Waals surface area contributed by atoms with Crippen molar-refractivity contribution in [3.05, 3.63) is 0 Å². The van der Waals surface area contributed by atoms with Gasteiger partial charge in [-0.05, 0) is 0 Å². The van der Waals surface area contributed by atoms with Gasteiger partial charge in [-0.25, -0.2) is 0 Å². The standard InChI is InChI=1S/2Ir.H2O3S/c;;1-4(2)3/h;;(H2,1,2,3). The first-order chi connectivity index (χ1) is 1.73. The molecule has 0 heterocycles. The van der Waals surface area contributed by atoms with Gasteiger partial charge in [-0.1, -0.05) is 0 Å². The zero-order valence-corrected chi connectivity index (χ0v) is 7.98. The molecule has 0 aromatic rings. The minimum atomic E-state index is -2.61. The van der Waals surface area contributed by atoms with Gasteiger partial charge in [0.25, 0.3) is 11.4 Å². The normalized spacial score (nSPS) is 5.83. The van der Waals surface area contributed by atoms with Gasteiger partial charge >= 0.3 is 0 Å². The summed E-state index contributed by atoms with van der Waals surface area (Å²) in [5, 5.41) is 0. The van der Waals surface area contributed by atoms with Gasteiger partial charge in [0.1, 0.15) is 0 Å². The molecule has 0 saturated carbocycles. The molecular formula is H2Ir2O3S. The SMILES string of the molecule is O=S(O)O.[Ir].[Ir]. The monoisotopic (exact) mass is 468 g/mol. The Labute approximate surface area is 64.7 Å². The van der Waals surface area contributed by atoms with Crippen LogP contribution >= 0.6 is 0 Å². The van der Waals surface area contributed by atoms with Crippen molar-refractivity contribution >= 4 is 11.4 Å². The van der Waals surface area contributed by atoms with Crippen molar-refractivity contribution in [3.63, 3.8) is 0 Å². The predicted molar refractivity (Wildman–Crippen MR) is 13.4 cm³/mol. The van der Waals surface area contributed by atoms with E-state index >= 15 is 0 Å². The van der Waals surface area contributed by atoms with Crippen molar-refractivity contribution in [2.24, 2.45) is 0 Å². The summed E-state index contributed by atoms with van der Waals surface area (Å²) in [7, 11) is 0. The van der Waals surface area contributed by atoms with Crippen molar-refractivity contribution in [1.29, 1.82) is 0 Å². The van der Waals surface area contributed by atoms with Crippen LogP contribution in [0.15, 0.2) is 0 Å². The quantitative estimate of drug-likeness (QED) is 0.481. The molecule has 0 rings (SSSR count). The van der Waals surface area contributed by atoms with Crippen LogP contribution in [-0.4, -0.2) is 13.3 Å². The van der Waals surface area contributed by atoms with Crippen molar-refractivity contribution in [1.82, 2.24) is 0 Å². The van der Waals surface area contributed by atoms with E-state index in [1.807, 2.05) is 0 Å². The van der Waals surface area contributed by atoms with Crippen molar-refractivity contribution in [2.45, 2.75) is 0 Å². The summed E-state index contributed by atoms with van der Waals surface area (Å²) in [6.45, 7) is 0. The van der Waals surface area contributed by atoms with Gasteiger partial charge in [0.15, 0.2) is 0 Å². The van der Waals surface area contributed by atoms with Crippen molar-refractivity contribution in [2.75, 3.05) is 0 Å². The second-order valence-corrected chi connectivity index (χ2v) is 0.692. The zero-order valence-electron chi connectivity index (χ0n) is 2.38. The minimum absolute atomic E-state index is 0. The van der Waals surface area contributed by atoms with E-state index in [0.717, 1.165) is 0 Å². The van der Waals surface area contributed by atoms with Crippen LogP contribution in [0.3, 0.4) is 0 Å². The average Bonchev–Trinajstić information content (AvgIpc) is 0.811. The van der Waals surface area contributed by atoms with Crippen molar-refractivity contribution in [3.8, 4) is 0 Å². The summed E-state index contributed by atoms with van der Waals surface area (Å²) in [5.41, 5.74) is 0. The van der Waals surface area contributed by atoms with E-state index in [1.165, 1.54) is 0 Å². The molecule has 0 aliphatic carbocycles. The van der Waals surface area contributed by atoms with E-state index in [0.29, 0.717) is 0 Å². The third-order valence-corrected chi connectivity index (χ3v) is 0. The molecule has 0 spiro atoms. The molecule has 0 unspecified atom stereocenters. The Morgan fingerprint density at radius 3 is 1.17 bits per heavy atom. The maximum atomic E-state index is 8.67. The molecule has 6 heavy (non-hydrogen) atoms. The summed E-state index contributed by atoms with van der Waals surface area (Å²) >= 11 is -2.61. The molecule has 0 amide bonds. The third kappa shape index (κ3) is 54.7. The average molecular weight is 467 g/mol. The van der Waals surface area contributed by atoms with Crippen LogP contribution in [0.25, 0.3) is 0 Å². The minimum Gasteiger partial charge on any atom is -0.284 e. The first-order valence-corrected chi connectivity index (χ1v) is 1.60. The van der Waals surface area contributed by atoms with Gasteiger partial charge < -0.3 is 0 Å². The molecule has 0 aliphatic heterocycles. The molecule has 0 aliphatic rings. The van der Waals surface area contributed by atoms with Crippen LogP contribution in [0.4, 0.5) is 0 Å². The first-order valence-electron chi connectivity index (χ1n) is 0.532. The van der Waals surface area contributed by atoms with Crippen LogP contribution in [-0.2, 0) is 51.6 Å². The largest absolute Gasteiger partial charge is 0.299 e. The van der Waals surface area contributed by atoms with Crippen LogP contribution in [0, 0.1) is 0 Å².